The summed E-state index contributed by atoms with van der Waals surface area (Å²) in [5, 5.41) is 0. The average Bonchev–Trinajstić information content (AvgIpc) is 2.55. The van der Waals surface area contributed by atoms with Crippen molar-refractivity contribution in [1.29, 1.82) is 0 Å². The van der Waals surface area contributed by atoms with Crippen LogP contribution in [0.15, 0.2) is 36.7 Å². The van der Waals surface area contributed by atoms with E-state index in [0.29, 0.717) is 12.2 Å². The van der Waals surface area contributed by atoms with Gasteiger partial charge in [0.1, 0.15) is 5.75 Å². The number of nitrogens with zero attached hydrogens (tertiary/aromatic N) is 2. The molecule has 0 aliphatic heterocycles. The minimum atomic E-state index is -0.182. The van der Waals surface area contributed by atoms with Crippen LogP contribution in [0, 0.1) is 0 Å². The number of aromatic nitrogens is 2. The van der Waals surface area contributed by atoms with Crippen molar-refractivity contribution in [3.63, 3.8) is 0 Å². The predicted molar refractivity (Wildman–Crippen MR) is 86.6 cm³/mol. The normalized spacial score (nSPS) is 10.5. The molecule has 0 aliphatic carbocycles. The Morgan fingerprint density at radius 1 is 1.05 bits per heavy atom. The van der Waals surface area contributed by atoms with E-state index in [4.69, 9.17) is 4.74 Å². The van der Waals surface area contributed by atoms with Gasteiger partial charge in [0.2, 0.25) is 0 Å². The summed E-state index contributed by atoms with van der Waals surface area (Å²) in [5.41, 5.74) is 2.79. The second-order valence-electron chi connectivity index (χ2n) is 5.24. The van der Waals surface area contributed by atoms with E-state index in [9.17, 15) is 4.79 Å². The van der Waals surface area contributed by atoms with E-state index in [1.165, 1.54) is 0 Å². The standard InChI is InChI=1S/C18H22N2O2/c1-3-5-7-18(21)22-16-10-8-14(9-11-16)17-13-19-15(6-4-2)12-20-17/h8-13H,3-7H2,1-2H3. The minimum Gasteiger partial charge on any atom is -0.427 e. The lowest BCUT2D eigenvalue weighted by Gasteiger charge is -2.06. The highest BCUT2D eigenvalue weighted by atomic mass is 16.5. The lowest BCUT2D eigenvalue weighted by Crippen LogP contribution is -2.07. The van der Waals surface area contributed by atoms with Crippen LogP contribution >= 0.6 is 0 Å². The topological polar surface area (TPSA) is 52.1 Å². The Kier molecular flexibility index (Phi) is 6.07. The van der Waals surface area contributed by atoms with Crippen molar-refractivity contribution in [3.8, 4) is 17.0 Å². The van der Waals surface area contributed by atoms with Gasteiger partial charge in [-0.2, -0.15) is 0 Å². The Balaban J connectivity index is 2.00. The van der Waals surface area contributed by atoms with Crippen LogP contribution < -0.4 is 4.74 Å². The summed E-state index contributed by atoms with van der Waals surface area (Å²) in [6.07, 6.45) is 7.91. The fourth-order valence-electron chi connectivity index (χ4n) is 2.09. The van der Waals surface area contributed by atoms with Gasteiger partial charge in [-0.15, -0.1) is 0 Å². The van der Waals surface area contributed by atoms with E-state index in [1.54, 1.807) is 18.3 Å². The number of esters is 1. The first-order valence-corrected chi connectivity index (χ1v) is 7.85. The third-order valence-electron chi connectivity index (χ3n) is 3.33. The van der Waals surface area contributed by atoms with Crippen LogP contribution in [0.1, 0.15) is 45.2 Å². The fourth-order valence-corrected chi connectivity index (χ4v) is 2.09. The number of hydrogen-bond acceptors (Lipinski definition) is 4. The highest BCUT2D eigenvalue weighted by Gasteiger charge is 2.05. The van der Waals surface area contributed by atoms with Gasteiger partial charge in [0, 0.05) is 18.2 Å². The summed E-state index contributed by atoms with van der Waals surface area (Å²) in [6, 6.07) is 7.37. The second-order valence-corrected chi connectivity index (χ2v) is 5.24. The maximum absolute atomic E-state index is 11.6. The second kappa shape index (κ2) is 8.27. The fraction of sp³-hybridized carbons (Fsp3) is 0.389. The summed E-state index contributed by atoms with van der Waals surface area (Å²) in [4.78, 5) is 20.4. The number of rotatable bonds is 7. The van der Waals surface area contributed by atoms with Crippen molar-refractivity contribution in [2.24, 2.45) is 0 Å². The van der Waals surface area contributed by atoms with Crippen LogP contribution in [0.5, 0.6) is 5.75 Å². The number of benzene rings is 1. The van der Waals surface area contributed by atoms with E-state index in [0.717, 1.165) is 42.6 Å². The molecule has 0 saturated carbocycles. The van der Waals surface area contributed by atoms with Crippen LogP contribution in [0.2, 0.25) is 0 Å². The van der Waals surface area contributed by atoms with Crippen molar-refractivity contribution >= 4 is 5.97 Å². The van der Waals surface area contributed by atoms with E-state index >= 15 is 0 Å². The molecule has 2 aromatic rings. The van der Waals surface area contributed by atoms with Crippen LogP contribution in [0.3, 0.4) is 0 Å². The highest BCUT2D eigenvalue weighted by molar-refractivity contribution is 5.72. The molecule has 0 bridgehead atoms. The Hall–Kier alpha value is -2.23. The molecular weight excluding hydrogens is 276 g/mol. The molecule has 0 saturated heterocycles. The lowest BCUT2D eigenvalue weighted by atomic mass is 10.1. The largest absolute Gasteiger partial charge is 0.427 e. The van der Waals surface area contributed by atoms with Gasteiger partial charge >= 0.3 is 5.97 Å². The molecule has 1 heterocycles. The molecular formula is C18H22N2O2. The van der Waals surface area contributed by atoms with E-state index in [2.05, 4.69) is 23.8 Å². The zero-order chi connectivity index (χ0) is 15.8. The first-order valence-electron chi connectivity index (χ1n) is 7.85. The van der Waals surface area contributed by atoms with Gasteiger partial charge in [-0.05, 0) is 37.1 Å². The number of carbonyl (C=O) groups excluding carboxylic acids is 1. The molecule has 4 nitrogen and oxygen atoms in total. The van der Waals surface area contributed by atoms with Crippen molar-refractivity contribution < 1.29 is 9.53 Å². The van der Waals surface area contributed by atoms with Crippen molar-refractivity contribution in [2.45, 2.75) is 46.0 Å². The molecule has 0 aliphatic rings. The molecule has 0 unspecified atom stereocenters. The molecule has 0 N–H and O–H groups in total. The molecule has 0 spiro atoms. The number of unbranched alkanes of at least 4 members (excludes halogenated alkanes) is 1. The summed E-state index contributed by atoms with van der Waals surface area (Å²) >= 11 is 0. The average molecular weight is 298 g/mol. The van der Waals surface area contributed by atoms with E-state index < -0.39 is 0 Å². The van der Waals surface area contributed by atoms with Gasteiger partial charge in [-0.3, -0.25) is 14.8 Å². The molecule has 116 valence electrons. The van der Waals surface area contributed by atoms with Crippen LogP contribution in [-0.4, -0.2) is 15.9 Å². The third-order valence-corrected chi connectivity index (χ3v) is 3.33. The summed E-state index contributed by atoms with van der Waals surface area (Å²) in [7, 11) is 0. The number of aryl methyl sites for hydroxylation is 1. The number of carbonyl (C=O) groups is 1. The third kappa shape index (κ3) is 4.65. The van der Waals surface area contributed by atoms with Crippen molar-refractivity contribution in [1.82, 2.24) is 9.97 Å². The van der Waals surface area contributed by atoms with Gasteiger partial charge < -0.3 is 4.74 Å². The molecule has 2 rings (SSSR count). The zero-order valence-electron chi connectivity index (χ0n) is 13.2. The SMILES string of the molecule is CCCCC(=O)Oc1ccc(-c2cnc(CCC)cn2)cc1. The molecule has 22 heavy (non-hydrogen) atoms. The quantitative estimate of drug-likeness (QED) is 0.568. The number of hydrogen-bond donors (Lipinski definition) is 0. The molecule has 0 atom stereocenters. The Morgan fingerprint density at radius 2 is 1.82 bits per heavy atom. The van der Waals surface area contributed by atoms with Gasteiger partial charge in [0.15, 0.2) is 0 Å². The highest BCUT2D eigenvalue weighted by Crippen LogP contribution is 2.20. The molecule has 4 heteroatoms. The molecule has 0 amide bonds. The van der Waals surface area contributed by atoms with Crippen molar-refractivity contribution in [2.75, 3.05) is 0 Å². The van der Waals surface area contributed by atoms with Gasteiger partial charge in [-0.25, -0.2) is 0 Å². The first kappa shape index (κ1) is 16.1. The number of ether oxygens (including phenoxy) is 1. The monoisotopic (exact) mass is 298 g/mol. The van der Waals surface area contributed by atoms with Gasteiger partial charge in [-0.1, -0.05) is 26.7 Å². The zero-order valence-corrected chi connectivity index (χ0v) is 13.2. The van der Waals surface area contributed by atoms with E-state index in [1.807, 2.05) is 18.3 Å². The van der Waals surface area contributed by atoms with Crippen LogP contribution in [0.4, 0.5) is 0 Å². The van der Waals surface area contributed by atoms with Crippen LogP contribution in [0.25, 0.3) is 11.3 Å². The molecule has 1 aromatic carbocycles. The first-order chi connectivity index (χ1) is 10.7. The Morgan fingerprint density at radius 3 is 2.41 bits per heavy atom. The van der Waals surface area contributed by atoms with Gasteiger partial charge in [0.25, 0.3) is 0 Å². The summed E-state index contributed by atoms with van der Waals surface area (Å²) < 4.78 is 5.28. The molecule has 1 aromatic heterocycles. The molecule has 0 fully saturated rings. The maximum atomic E-state index is 11.6. The summed E-state index contributed by atoms with van der Waals surface area (Å²) in [6.45, 7) is 4.17. The van der Waals surface area contributed by atoms with Crippen LogP contribution in [-0.2, 0) is 11.2 Å². The lowest BCUT2D eigenvalue weighted by molar-refractivity contribution is -0.134. The van der Waals surface area contributed by atoms with E-state index in [-0.39, 0.29) is 5.97 Å². The Bertz CT molecular complexity index is 591. The smallest absolute Gasteiger partial charge is 0.311 e. The predicted octanol–water partition coefficient (Wildman–Crippen LogP) is 4.19. The van der Waals surface area contributed by atoms with Crippen molar-refractivity contribution in [3.05, 3.63) is 42.4 Å². The minimum absolute atomic E-state index is 0.182. The maximum Gasteiger partial charge on any atom is 0.311 e. The summed E-state index contributed by atoms with van der Waals surface area (Å²) in [5.74, 6) is 0.388. The van der Waals surface area contributed by atoms with Gasteiger partial charge in [0.05, 0.1) is 17.6 Å². The Labute approximate surface area is 131 Å². The molecule has 0 radical (unpaired) electrons.